The van der Waals surface area contributed by atoms with Crippen molar-refractivity contribution in [3.05, 3.63) is 34.3 Å². The molecule has 1 aromatic heterocycles. The summed E-state index contributed by atoms with van der Waals surface area (Å²) in [5.74, 6) is 0. The molecule has 3 rings (SSSR count). The Bertz CT molecular complexity index is 575. The molecule has 1 aromatic carbocycles. The van der Waals surface area contributed by atoms with Gasteiger partial charge < -0.3 is 4.57 Å². The van der Waals surface area contributed by atoms with Crippen LogP contribution in [-0.2, 0) is 0 Å². The summed E-state index contributed by atoms with van der Waals surface area (Å²) in [7, 11) is 0. The average Bonchev–Trinajstić information content (AvgIpc) is 3.00. The molecular formula is C11H8BrN3. The largest absolute Gasteiger partial charge is 0.317 e. The second-order valence-corrected chi connectivity index (χ2v) is 4.48. The molecule has 0 saturated heterocycles. The van der Waals surface area contributed by atoms with E-state index < -0.39 is 0 Å². The fraction of sp³-hybridized carbons (Fsp3) is 0.273. The van der Waals surface area contributed by atoms with Crippen LogP contribution in [0.3, 0.4) is 0 Å². The summed E-state index contributed by atoms with van der Waals surface area (Å²) in [6, 6.07) is 6.21. The number of benzene rings is 1. The van der Waals surface area contributed by atoms with E-state index in [1.54, 1.807) is 0 Å². The molecule has 74 valence electrons. The van der Waals surface area contributed by atoms with Crippen LogP contribution < -0.4 is 0 Å². The third kappa shape index (κ3) is 1.35. The third-order valence-electron chi connectivity index (χ3n) is 2.67. The molecule has 0 bridgehead atoms. The monoisotopic (exact) mass is 261 g/mol. The Kier molecular flexibility index (Phi) is 1.83. The molecule has 1 aliphatic carbocycles. The molecular weight excluding hydrogens is 254 g/mol. The van der Waals surface area contributed by atoms with E-state index in [2.05, 4.69) is 30.3 Å². The summed E-state index contributed by atoms with van der Waals surface area (Å²) in [5.41, 5.74) is 2.70. The molecule has 4 heteroatoms. The van der Waals surface area contributed by atoms with Crippen LogP contribution in [0, 0.1) is 6.57 Å². The Balaban J connectivity index is 2.32. The molecule has 0 aliphatic heterocycles. The Morgan fingerprint density at radius 3 is 2.93 bits per heavy atom. The van der Waals surface area contributed by atoms with Gasteiger partial charge in [-0.1, -0.05) is 6.07 Å². The summed E-state index contributed by atoms with van der Waals surface area (Å²) in [6.45, 7) is 7.00. The summed E-state index contributed by atoms with van der Waals surface area (Å²) < 4.78 is 3.06. The highest BCUT2D eigenvalue weighted by atomic mass is 79.9. The average molecular weight is 262 g/mol. The molecule has 3 nitrogen and oxygen atoms in total. The zero-order valence-corrected chi connectivity index (χ0v) is 9.53. The SMILES string of the molecule is [C-]#[N+]c1ccc2nc(Br)n(C3CC3)c2c1. The lowest BCUT2D eigenvalue weighted by molar-refractivity contribution is 0.745. The number of hydrogen-bond donors (Lipinski definition) is 0. The smallest absolute Gasteiger partial charge is 0.189 e. The molecule has 1 heterocycles. The van der Waals surface area contributed by atoms with Gasteiger partial charge in [-0.2, -0.15) is 0 Å². The maximum Gasteiger partial charge on any atom is 0.189 e. The lowest BCUT2D eigenvalue weighted by atomic mass is 10.3. The fourth-order valence-corrected chi connectivity index (χ4v) is 2.47. The summed E-state index contributed by atoms with van der Waals surface area (Å²) in [5, 5.41) is 0. The fourth-order valence-electron chi connectivity index (χ4n) is 1.80. The zero-order valence-electron chi connectivity index (χ0n) is 7.94. The molecule has 0 amide bonds. The second-order valence-electron chi connectivity index (χ2n) is 3.77. The van der Waals surface area contributed by atoms with Gasteiger partial charge in [0.05, 0.1) is 17.6 Å². The lowest BCUT2D eigenvalue weighted by Crippen LogP contribution is -1.92. The van der Waals surface area contributed by atoms with Crippen LogP contribution in [0.1, 0.15) is 18.9 Å². The maximum absolute atomic E-state index is 7.00. The van der Waals surface area contributed by atoms with Gasteiger partial charge in [-0.25, -0.2) is 9.83 Å². The Hall–Kier alpha value is -1.34. The van der Waals surface area contributed by atoms with E-state index in [0.717, 1.165) is 15.8 Å². The molecule has 0 spiro atoms. The number of hydrogen-bond acceptors (Lipinski definition) is 1. The van der Waals surface area contributed by atoms with Gasteiger partial charge in [0.1, 0.15) is 0 Å². The predicted molar refractivity (Wildman–Crippen MR) is 62.0 cm³/mol. The van der Waals surface area contributed by atoms with E-state index in [-0.39, 0.29) is 0 Å². The van der Waals surface area contributed by atoms with Gasteiger partial charge in [-0.15, -0.1) is 0 Å². The van der Waals surface area contributed by atoms with Crippen molar-refractivity contribution in [2.45, 2.75) is 18.9 Å². The van der Waals surface area contributed by atoms with Gasteiger partial charge in [0.25, 0.3) is 0 Å². The highest BCUT2D eigenvalue weighted by molar-refractivity contribution is 9.10. The van der Waals surface area contributed by atoms with E-state index in [1.807, 2.05) is 18.2 Å². The minimum atomic E-state index is 0.574. The molecule has 1 saturated carbocycles. The molecule has 0 atom stereocenters. The van der Waals surface area contributed by atoms with Crippen LogP contribution in [0.25, 0.3) is 15.9 Å². The minimum Gasteiger partial charge on any atom is -0.317 e. The van der Waals surface area contributed by atoms with Crippen molar-refractivity contribution in [3.63, 3.8) is 0 Å². The maximum atomic E-state index is 7.00. The number of halogens is 1. The van der Waals surface area contributed by atoms with Gasteiger partial charge in [0.15, 0.2) is 10.4 Å². The molecule has 1 aliphatic rings. The van der Waals surface area contributed by atoms with Crippen LogP contribution in [0.2, 0.25) is 0 Å². The van der Waals surface area contributed by atoms with E-state index in [1.165, 1.54) is 12.8 Å². The second kappa shape index (κ2) is 3.07. The Morgan fingerprint density at radius 1 is 1.47 bits per heavy atom. The van der Waals surface area contributed by atoms with Crippen molar-refractivity contribution < 1.29 is 0 Å². The number of fused-ring (bicyclic) bond motifs is 1. The van der Waals surface area contributed by atoms with Crippen molar-refractivity contribution in [2.24, 2.45) is 0 Å². The first-order valence-electron chi connectivity index (χ1n) is 4.84. The summed E-state index contributed by atoms with van der Waals surface area (Å²) in [6.07, 6.45) is 2.43. The molecule has 0 unspecified atom stereocenters. The van der Waals surface area contributed by atoms with E-state index >= 15 is 0 Å². The number of nitrogens with zero attached hydrogens (tertiary/aromatic N) is 3. The normalized spacial score (nSPS) is 15.5. The van der Waals surface area contributed by atoms with E-state index in [0.29, 0.717) is 11.7 Å². The lowest BCUT2D eigenvalue weighted by Gasteiger charge is -2.02. The highest BCUT2D eigenvalue weighted by Crippen LogP contribution is 2.40. The first-order chi connectivity index (χ1) is 7.29. The van der Waals surface area contributed by atoms with Crippen molar-refractivity contribution in [2.75, 3.05) is 0 Å². The van der Waals surface area contributed by atoms with Gasteiger partial charge >= 0.3 is 0 Å². The molecule has 0 N–H and O–H groups in total. The number of aromatic nitrogens is 2. The van der Waals surface area contributed by atoms with E-state index in [9.17, 15) is 0 Å². The van der Waals surface area contributed by atoms with E-state index in [4.69, 9.17) is 6.57 Å². The quantitative estimate of drug-likeness (QED) is 0.718. The van der Waals surface area contributed by atoms with Gasteiger partial charge in [-0.3, -0.25) is 0 Å². The topological polar surface area (TPSA) is 22.2 Å². The first kappa shape index (κ1) is 8.93. The molecule has 0 radical (unpaired) electrons. The van der Waals surface area contributed by atoms with Gasteiger partial charge in [0, 0.05) is 6.04 Å². The molecule has 1 fully saturated rings. The van der Waals surface area contributed by atoms with Crippen molar-refractivity contribution >= 4 is 32.7 Å². The van der Waals surface area contributed by atoms with Crippen LogP contribution in [0.5, 0.6) is 0 Å². The first-order valence-corrected chi connectivity index (χ1v) is 5.64. The van der Waals surface area contributed by atoms with Crippen molar-refractivity contribution in [1.82, 2.24) is 9.55 Å². The Morgan fingerprint density at radius 2 is 2.27 bits per heavy atom. The predicted octanol–water partition coefficient (Wildman–Crippen LogP) is 3.68. The highest BCUT2D eigenvalue weighted by Gasteiger charge is 2.27. The zero-order chi connectivity index (χ0) is 10.4. The van der Waals surface area contributed by atoms with Gasteiger partial charge in [0.2, 0.25) is 0 Å². The molecule has 15 heavy (non-hydrogen) atoms. The van der Waals surface area contributed by atoms with Gasteiger partial charge in [-0.05, 0) is 40.9 Å². The number of rotatable bonds is 1. The minimum absolute atomic E-state index is 0.574. The summed E-state index contributed by atoms with van der Waals surface area (Å²) >= 11 is 3.47. The standard InChI is InChI=1S/C11H8BrN3/c1-13-7-2-5-9-10(6-7)15(8-3-4-8)11(12)14-9/h2,5-6,8H,3-4H2. The van der Waals surface area contributed by atoms with Crippen molar-refractivity contribution in [3.8, 4) is 0 Å². The summed E-state index contributed by atoms with van der Waals surface area (Å²) in [4.78, 5) is 7.87. The van der Waals surface area contributed by atoms with Crippen LogP contribution in [-0.4, -0.2) is 9.55 Å². The van der Waals surface area contributed by atoms with Crippen LogP contribution in [0.15, 0.2) is 22.9 Å². The Labute approximate surface area is 95.7 Å². The third-order valence-corrected chi connectivity index (χ3v) is 3.23. The van der Waals surface area contributed by atoms with Crippen LogP contribution in [0.4, 0.5) is 5.69 Å². The number of imidazole rings is 1. The van der Waals surface area contributed by atoms with Crippen LogP contribution >= 0.6 is 15.9 Å². The molecule has 2 aromatic rings. The van der Waals surface area contributed by atoms with Crippen molar-refractivity contribution in [1.29, 1.82) is 0 Å².